The smallest absolute Gasteiger partial charge is 0.330 e. The van der Waals surface area contributed by atoms with Crippen LogP contribution < -0.4 is 0 Å². The minimum atomic E-state index is -0.362. The molecule has 0 aliphatic carbocycles. The number of hydrogen-bond acceptors (Lipinski definition) is 4. The van der Waals surface area contributed by atoms with Crippen molar-refractivity contribution in [2.45, 2.75) is 6.54 Å². The third-order valence-electron chi connectivity index (χ3n) is 2.94. The summed E-state index contributed by atoms with van der Waals surface area (Å²) >= 11 is 0. The highest BCUT2D eigenvalue weighted by Crippen LogP contribution is 2.03. The van der Waals surface area contributed by atoms with E-state index in [1.165, 1.54) is 11.6 Å². The van der Waals surface area contributed by atoms with Crippen LogP contribution in [0.1, 0.15) is 11.3 Å². The second kappa shape index (κ2) is 9.82. The number of ether oxygens (including phenoxy) is 1. The highest BCUT2D eigenvalue weighted by atomic mass is 35.5. The summed E-state index contributed by atoms with van der Waals surface area (Å²) in [7, 11) is 2.00. The third-order valence-corrected chi connectivity index (χ3v) is 2.94. The van der Waals surface area contributed by atoms with Gasteiger partial charge >= 0.3 is 5.97 Å². The Balaban J connectivity index is 0.00000242. The molecule has 0 aliphatic rings. The standard InChI is InChI=1S/C17H19NO3.ClH/c1-18(14-15-6-3-2-4-7-15)11-13-21-17(19)10-9-16-8-5-12-20-16;/h2-10,12H,11,13-14H2,1H3;1H. The zero-order chi connectivity index (χ0) is 14.9. The van der Waals surface area contributed by atoms with Crippen molar-refractivity contribution >= 4 is 24.5 Å². The molecule has 0 radical (unpaired) electrons. The van der Waals surface area contributed by atoms with Crippen molar-refractivity contribution in [1.29, 1.82) is 0 Å². The van der Waals surface area contributed by atoms with Crippen LogP contribution >= 0.6 is 12.4 Å². The van der Waals surface area contributed by atoms with E-state index in [2.05, 4.69) is 17.0 Å². The van der Waals surface area contributed by atoms with Crippen molar-refractivity contribution in [3.63, 3.8) is 0 Å². The minimum Gasteiger partial charge on any atom is -0.465 e. The molecule has 2 aromatic rings. The molecule has 0 bridgehead atoms. The normalized spacial score (nSPS) is 10.6. The molecule has 0 spiro atoms. The molecular weight excluding hydrogens is 302 g/mol. The van der Waals surface area contributed by atoms with Crippen LogP contribution in [0, 0.1) is 0 Å². The Morgan fingerprint density at radius 1 is 1.23 bits per heavy atom. The van der Waals surface area contributed by atoms with E-state index in [1.54, 1.807) is 24.5 Å². The maximum atomic E-state index is 11.5. The van der Waals surface area contributed by atoms with E-state index >= 15 is 0 Å². The van der Waals surface area contributed by atoms with Crippen LogP contribution in [0.5, 0.6) is 0 Å². The van der Waals surface area contributed by atoms with E-state index in [0.717, 1.165) is 6.54 Å². The molecule has 0 saturated heterocycles. The van der Waals surface area contributed by atoms with Crippen molar-refractivity contribution in [3.8, 4) is 0 Å². The molecule has 0 saturated carbocycles. The van der Waals surface area contributed by atoms with Crippen molar-refractivity contribution in [2.24, 2.45) is 0 Å². The number of furan rings is 1. The first-order valence-electron chi connectivity index (χ1n) is 6.85. The topological polar surface area (TPSA) is 42.7 Å². The van der Waals surface area contributed by atoms with E-state index in [4.69, 9.17) is 9.15 Å². The SMILES string of the molecule is CN(CCOC(=O)C=Cc1ccco1)Cc1ccccc1.Cl. The molecular formula is C17H20ClNO3. The van der Waals surface area contributed by atoms with Gasteiger partial charge in [0.1, 0.15) is 12.4 Å². The van der Waals surface area contributed by atoms with Gasteiger partial charge in [0.2, 0.25) is 0 Å². The van der Waals surface area contributed by atoms with Gasteiger partial charge < -0.3 is 9.15 Å². The second-order valence-electron chi connectivity index (χ2n) is 4.74. The van der Waals surface area contributed by atoms with Crippen LogP contribution in [-0.4, -0.2) is 31.1 Å². The van der Waals surface area contributed by atoms with Gasteiger partial charge in [0, 0.05) is 19.2 Å². The van der Waals surface area contributed by atoms with E-state index in [9.17, 15) is 4.79 Å². The lowest BCUT2D eigenvalue weighted by Crippen LogP contribution is -2.23. The van der Waals surface area contributed by atoms with Crippen molar-refractivity contribution in [3.05, 3.63) is 66.1 Å². The number of halogens is 1. The number of carbonyl (C=O) groups excluding carboxylic acids is 1. The summed E-state index contributed by atoms with van der Waals surface area (Å²) in [4.78, 5) is 13.6. The average Bonchev–Trinajstić information content (AvgIpc) is 2.99. The monoisotopic (exact) mass is 321 g/mol. The summed E-state index contributed by atoms with van der Waals surface area (Å²) in [5.74, 6) is 0.271. The lowest BCUT2D eigenvalue weighted by Gasteiger charge is -2.16. The first-order valence-corrected chi connectivity index (χ1v) is 6.85. The number of rotatable bonds is 7. The van der Waals surface area contributed by atoms with Gasteiger partial charge in [-0.25, -0.2) is 4.79 Å². The predicted molar refractivity (Wildman–Crippen MR) is 88.7 cm³/mol. The quantitative estimate of drug-likeness (QED) is 0.579. The van der Waals surface area contributed by atoms with E-state index in [-0.39, 0.29) is 18.4 Å². The summed E-state index contributed by atoms with van der Waals surface area (Å²) < 4.78 is 10.2. The number of hydrogen-bond donors (Lipinski definition) is 0. The van der Waals surface area contributed by atoms with Gasteiger partial charge in [-0.1, -0.05) is 30.3 Å². The molecule has 0 fully saturated rings. The second-order valence-corrected chi connectivity index (χ2v) is 4.74. The first-order chi connectivity index (χ1) is 10.2. The van der Waals surface area contributed by atoms with Crippen LogP contribution in [0.4, 0.5) is 0 Å². The van der Waals surface area contributed by atoms with Gasteiger partial charge in [-0.2, -0.15) is 0 Å². The van der Waals surface area contributed by atoms with Gasteiger partial charge in [-0.3, -0.25) is 4.90 Å². The summed E-state index contributed by atoms with van der Waals surface area (Å²) in [6, 6.07) is 13.7. The molecule has 5 heteroatoms. The first kappa shape index (κ1) is 18.0. The van der Waals surface area contributed by atoms with Gasteiger partial charge in [-0.05, 0) is 30.8 Å². The van der Waals surface area contributed by atoms with E-state index in [1.807, 2.05) is 25.2 Å². The highest BCUT2D eigenvalue weighted by molar-refractivity contribution is 5.86. The fourth-order valence-electron chi connectivity index (χ4n) is 1.86. The average molecular weight is 322 g/mol. The molecule has 22 heavy (non-hydrogen) atoms. The lowest BCUT2D eigenvalue weighted by molar-refractivity contribution is -0.138. The van der Waals surface area contributed by atoms with Crippen molar-refractivity contribution in [2.75, 3.05) is 20.2 Å². The molecule has 1 aromatic heterocycles. The number of nitrogens with zero attached hydrogens (tertiary/aromatic N) is 1. The molecule has 1 aromatic carbocycles. The molecule has 0 unspecified atom stereocenters. The summed E-state index contributed by atoms with van der Waals surface area (Å²) in [5, 5.41) is 0. The Labute approximate surface area is 136 Å². The number of carbonyl (C=O) groups is 1. The summed E-state index contributed by atoms with van der Waals surface area (Å²) in [6.07, 6.45) is 4.52. The van der Waals surface area contributed by atoms with Gasteiger partial charge in [0.05, 0.1) is 6.26 Å². The summed E-state index contributed by atoms with van der Waals surface area (Å²) in [5.41, 5.74) is 1.24. The third kappa shape index (κ3) is 6.61. The molecule has 4 nitrogen and oxygen atoms in total. The molecule has 0 amide bonds. The Hall–Kier alpha value is -2.04. The molecule has 118 valence electrons. The highest BCUT2D eigenvalue weighted by Gasteiger charge is 2.02. The predicted octanol–water partition coefficient (Wildman–Crippen LogP) is 3.39. The minimum absolute atomic E-state index is 0. The van der Waals surface area contributed by atoms with Gasteiger partial charge in [0.15, 0.2) is 0 Å². The fraction of sp³-hybridized carbons (Fsp3) is 0.235. The van der Waals surface area contributed by atoms with E-state index < -0.39 is 0 Å². The Morgan fingerprint density at radius 2 is 2.00 bits per heavy atom. The Kier molecular flexibility index (Phi) is 8.04. The van der Waals surface area contributed by atoms with Crippen LogP contribution in [0.3, 0.4) is 0 Å². The fourth-order valence-corrected chi connectivity index (χ4v) is 1.86. The summed E-state index contributed by atoms with van der Waals surface area (Å²) in [6.45, 7) is 1.89. The maximum Gasteiger partial charge on any atom is 0.330 e. The molecule has 1 heterocycles. The maximum absolute atomic E-state index is 11.5. The molecule has 0 N–H and O–H groups in total. The van der Waals surface area contributed by atoms with Crippen molar-refractivity contribution < 1.29 is 13.9 Å². The number of likely N-dealkylation sites (N-methyl/N-ethyl adjacent to an activating group) is 1. The van der Waals surface area contributed by atoms with Crippen LogP contribution in [0.2, 0.25) is 0 Å². The Bertz CT molecular complexity index is 567. The van der Waals surface area contributed by atoms with Crippen LogP contribution in [0.25, 0.3) is 6.08 Å². The van der Waals surface area contributed by atoms with Gasteiger partial charge in [-0.15, -0.1) is 12.4 Å². The number of benzene rings is 1. The van der Waals surface area contributed by atoms with Crippen LogP contribution in [-0.2, 0) is 16.1 Å². The van der Waals surface area contributed by atoms with Crippen molar-refractivity contribution in [1.82, 2.24) is 4.90 Å². The van der Waals surface area contributed by atoms with Gasteiger partial charge in [0.25, 0.3) is 0 Å². The zero-order valence-electron chi connectivity index (χ0n) is 12.5. The molecule has 2 rings (SSSR count). The largest absolute Gasteiger partial charge is 0.465 e. The number of esters is 1. The Morgan fingerprint density at radius 3 is 2.68 bits per heavy atom. The zero-order valence-corrected chi connectivity index (χ0v) is 13.3. The lowest BCUT2D eigenvalue weighted by atomic mass is 10.2. The van der Waals surface area contributed by atoms with Crippen LogP contribution in [0.15, 0.2) is 59.2 Å². The van der Waals surface area contributed by atoms with E-state index in [0.29, 0.717) is 18.9 Å². The molecule has 0 aliphatic heterocycles. The molecule has 0 atom stereocenters.